The second-order valence-electron chi connectivity index (χ2n) is 13.4. The predicted octanol–water partition coefficient (Wildman–Crippen LogP) is 7.17. The van der Waals surface area contributed by atoms with Crippen LogP contribution in [0.5, 0.6) is 5.75 Å². The lowest BCUT2D eigenvalue weighted by Crippen LogP contribution is -2.55. The summed E-state index contributed by atoms with van der Waals surface area (Å²) in [7, 11) is 0. The molecule has 0 spiro atoms. The summed E-state index contributed by atoms with van der Waals surface area (Å²) in [5, 5.41) is 15.4. The average molecular weight is 508 g/mol. The van der Waals surface area contributed by atoms with Crippen molar-refractivity contribution in [3.8, 4) is 5.75 Å². The van der Waals surface area contributed by atoms with Crippen LogP contribution in [0.3, 0.4) is 0 Å². The van der Waals surface area contributed by atoms with Crippen molar-refractivity contribution in [3.05, 3.63) is 41.5 Å². The van der Waals surface area contributed by atoms with Crippen molar-refractivity contribution in [2.75, 3.05) is 6.61 Å². The summed E-state index contributed by atoms with van der Waals surface area (Å²) in [6, 6.07) is 9.34. The van der Waals surface area contributed by atoms with Crippen molar-refractivity contribution in [3.63, 3.8) is 0 Å². The Kier molecular flexibility index (Phi) is 7.39. The van der Waals surface area contributed by atoms with Crippen LogP contribution in [-0.2, 0) is 4.79 Å². The summed E-state index contributed by atoms with van der Waals surface area (Å²) >= 11 is 0. The smallest absolute Gasteiger partial charge is 0.155 e. The molecule has 1 aromatic carbocycles. The zero-order valence-electron chi connectivity index (χ0n) is 23.8. The number of hydrogen-bond donors (Lipinski definition) is 2. The lowest BCUT2D eigenvalue weighted by molar-refractivity contribution is -0.137. The first-order chi connectivity index (χ1) is 17.6. The van der Waals surface area contributed by atoms with Crippen LogP contribution in [0.25, 0.3) is 0 Å². The van der Waals surface area contributed by atoms with Crippen LogP contribution in [0.15, 0.2) is 35.9 Å². The Bertz CT molecular complexity index is 1030. The number of carbonyl (C=O) groups excluding carboxylic acids is 1. The summed E-state index contributed by atoms with van der Waals surface area (Å²) in [4.78, 5) is 12.2. The fourth-order valence-corrected chi connectivity index (χ4v) is 9.22. The van der Waals surface area contributed by atoms with Gasteiger partial charge >= 0.3 is 0 Å². The molecular formula is C33H49NO3. The SMILES string of the molecule is CCC(NC(C)C)c1cccc(OCC[C@]23CCC4C(CCC5=CC(=O)CC[C@@]54C)C2CC[C@]3(C)O)c1. The minimum Gasteiger partial charge on any atom is -0.494 e. The van der Waals surface area contributed by atoms with Crippen molar-refractivity contribution < 1.29 is 14.6 Å². The molecule has 4 aliphatic carbocycles. The highest BCUT2D eigenvalue weighted by molar-refractivity contribution is 5.91. The van der Waals surface area contributed by atoms with Crippen LogP contribution in [-0.4, -0.2) is 29.1 Å². The maximum absolute atomic E-state index is 12.2. The molecule has 7 atom stereocenters. The topological polar surface area (TPSA) is 58.6 Å². The Labute approximate surface area is 224 Å². The van der Waals surface area contributed by atoms with Gasteiger partial charge in [0.15, 0.2) is 5.78 Å². The third-order valence-corrected chi connectivity index (χ3v) is 11.2. The summed E-state index contributed by atoms with van der Waals surface area (Å²) in [5.74, 6) is 3.10. The number of ether oxygens (including phenoxy) is 1. The van der Waals surface area contributed by atoms with E-state index in [1.807, 2.05) is 6.08 Å². The predicted molar refractivity (Wildman–Crippen MR) is 150 cm³/mol. The van der Waals surface area contributed by atoms with Crippen LogP contribution >= 0.6 is 0 Å². The molecular weight excluding hydrogens is 458 g/mol. The fraction of sp³-hybridized carbons (Fsp3) is 0.727. The second kappa shape index (κ2) is 10.2. The van der Waals surface area contributed by atoms with E-state index >= 15 is 0 Å². The Morgan fingerprint density at radius 1 is 1.08 bits per heavy atom. The van der Waals surface area contributed by atoms with Crippen LogP contribution in [0.2, 0.25) is 0 Å². The first kappa shape index (κ1) is 26.9. The monoisotopic (exact) mass is 507 g/mol. The quantitative estimate of drug-likeness (QED) is 0.392. The molecule has 37 heavy (non-hydrogen) atoms. The summed E-state index contributed by atoms with van der Waals surface area (Å²) in [6.45, 7) is 11.8. The number of allylic oxidation sites excluding steroid dienone is 1. The highest BCUT2D eigenvalue weighted by Crippen LogP contribution is 2.68. The van der Waals surface area contributed by atoms with Gasteiger partial charge in [-0.3, -0.25) is 4.79 Å². The Morgan fingerprint density at radius 3 is 2.62 bits per heavy atom. The third kappa shape index (κ3) is 4.71. The van der Waals surface area contributed by atoms with Crippen molar-refractivity contribution in [1.82, 2.24) is 5.32 Å². The van der Waals surface area contributed by atoms with Crippen molar-refractivity contribution >= 4 is 5.78 Å². The molecule has 3 fully saturated rings. The van der Waals surface area contributed by atoms with Crippen molar-refractivity contribution in [2.24, 2.45) is 28.6 Å². The lowest BCUT2D eigenvalue weighted by Gasteiger charge is -2.59. The van der Waals surface area contributed by atoms with Crippen LogP contribution < -0.4 is 10.1 Å². The average Bonchev–Trinajstić information content (AvgIpc) is 3.13. The summed E-state index contributed by atoms with van der Waals surface area (Å²) < 4.78 is 6.41. The molecule has 2 N–H and O–H groups in total. The minimum atomic E-state index is -0.637. The first-order valence-corrected chi connectivity index (χ1v) is 15.0. The maximum Gasteiger partial charge on any atom is 0.155 e. The van der Waals surface area contributed by atoms with E-state index in [4.69, 9.17) is 4.74 Å². The number of hydrogen-bond acceptors (Lipinski definition) is 4. The molecule has 4 unspecified atom stereocenters. The summed E-state index contributed by atoms with van der Waals surface area (Å²) in [6.07, 6.45) is 12.2. The number of benzene rings is 1. The van der Waals surface area contributed by atoms with Crippen molar-refractivity contribution in [1.29, 1.82) is 0 Å². The van der Waals surface area contributed by atoms with Gasteiger partial charge in [0.2, 0.25) is 0 Å². The zero-order chi connectivity index (χ0) is 26.4. The molecule has 0 bridgehead atoms. The van der Waals surface area contributed by atoms with Gasteiger partial charge in [0.05, 0.1) is 12.2 Å². The van der Waals surface area contributed by atoms with Gasteiger partial charge in [0.25, 0.3) is 0 Å². The molecule has 4 aliphatic rings. The molecule has 204 valence electrons. The zero-order valence-corrected chi connectivity index (χ0v) is 23.8. The molecule has 4 nitrogen and oxygen atoms in total. The molecule has 0 heterocycles. The highest BCUT2D eigenvalue weighted by atomic mass is 16.5. The Balaban J connectivity index is 1.31. The Morgan fingerprint density at radius 2 is 1.86 bits per heavy atom. The highest BCUT2D eigenvalue weighted by Gasteiger charge is 2.64. The van der Waals surface area contributed by atoms with Gasteiger partial charge in [-0.1, -0.05) is 45.4 Å². The van der Waals surface area contributed by atoms with E-state index in [9.17, 15) is 9.90 Å². The molecule has 0 amide bonds. The molecule has 1 aromatic rings. The van der Waals surface area contributed by atoms with Crippen LogP contribution in [0.1, 0.15) is 110 Å². The van der Waals surface area contributed by atoms with Gasteiger partial charge in [0, 0.05) is 23.9 Å². The van der Waals surface area contributed by atoms with Gasteiger partial charge in [-0.2, -0.15) is 0 Å². The van der Waals surface area contributed by atoms with E-state index in [-0.39, 0.29) is 10.8 Å². The molecule has 0 aromatic heterocycles. The fourth-order valence-electron chi connectivity index (χ4n) is 9.22. The number of ketones is 1. The largest absolute Gasteiger partial charge is 0.494 e. The first-order valence-electron chi connectivity index (χ1n) is 15.0. The van der Waals surface area contributed by atoms with Gasteiger partial charge in [-0.25, -0.2) is 0 Å². The summed E-state index contributed by atoms with van der Waals surface area (Å²) in [5.41, 5.74) is 2.17. The molecule has 0 saturated heterocycles. The number of rotatable bonds is 8. The normalized spacial score (nSPS) is 38.0. The number of aliphatic hydroxyl groups is 1. The third-order valence-electron chi connectivity index (χ3n) is 11.2. The minimum absolute atomic E-state index is 0.0704. The molecule has 5 rings (SSSR count). The number of carbonyl (C=O) groups is 1. The molecule has 0 aliphatic heterocycles. The van der Waals surface area contributed by atoms with E-state index in [0.29, 0.717) is 48.6 Å². The maximum atomic E-state index is 12.2. The van der Waals surface area contributed by atoms with E-state index in [1.54, 1.807) is 0 Å². The second-order valence-corrected chi connectivity index (χ2v) is 13.4. The van der Waals surface area contributed by atoms with E-state index in [0.717, 1.165) is 57.1 Å². The lowest BCUT2D eigenvalue weighted by atomic mass is 9.45. The van der Waals surface area contributed by atoms with Crippen LogP contribution in [0.4, 0.5) is 0 Å². The Hall–Kier alpha value is -1.65. The van der Waals surface area contributed by atoms with E-state index < -0.39 is 5.60 Å². The standard InChI is InChI=1S/C33H49NO3/c1-6-30(34-22(2)3)23-8-7-9-26(20-23)37-19-18-33-17-14-28-27(29(33)13-16-32(33,5)36)11-10-24-21-25(35)12-15-31(24,28)4/h7-9,20-22,27-30,34,36H,6,10-19H2,1-5H3/t27?,28?,29?,30?,31-,32-,33+/m0/s1. The van der Waals surface area contributed by atoms with Gasteiger partial charge in [-0.05, 0) is 112 Å². The van der Waals surface area contributed by atoms with Gasteiger partial charge < -0.3 is 15.2 Å². The molecule has 3 saturated carbocycles. The van der Waals surface area contributed by atoms with Gasteiger partial charge in [-0.15, -0.1) is 0 Å². The van der Waals surface area contributed by atoms with Crippen LogP contribution in [0, 0.1) is 28.6 Å². The number of nitrogens with one attached hydrogen (secondary N) is 1. The van der Waals surface area contributed by atoms with E-state index in [1.165, 1.54) is 17.6 Å². The molecule has 4 heteroatoms. The van der Waals surface area contributed by atoms with Gasteiger partial charge in [0.1, 0.15) is 5.75 Å². The van der Waals surface area contributed by atoms with E-state index in [2.05, 4.69) is 64.2 Å². The van der Waals surface area contributed by atoms with Crippen molar-refractivity contribution in [2.45, 2.75) is 117 Å². The molecule has 0 radical (unpaired) electrons. The number of fused-ring (bicyclic) bond motifs is 5.